The standard InChI is InChI=1S/C29H38FN3O6/c1-17-13-21-20-6-5-18-14-19(35)9-10-26(18,2)28(20,30)23(36)15-27(21,3)29(17,39)22(16-34)32-31-11-4-12-33-24(37)7-8-25(33)38/h7-10,14,17,20-21,23,31,34,36,39H,4-6,11-13,15-16H2,1-3H3/t17-,20+,21+,23+,26+,27+,28+,29+/m1/s1. The number of fused-ring (bicyclic) bond motifs is 5. The normalized spacial score (nSPS) is 43.4. The van der Waals surface area contributed by atoms with Crippen LogP contribution in [0.15, 0.2) is 41.1 Å². The number of carbonyl (C=O) groups is 3. The van der Waals surface area contributed by atoms with E-state index in [0.29, 0.717) is 37.8 Å². The Morgan fingerprint density at radius 3 is 2.54 bits per heavy atom. The number of aliphatic hydroxyl groups excluding tert-OH is 2. The molecule has 212 valence electrons. The number of hydrogen-bond donors (Lipinski definition) is 4. The van der Waals surface area contributed by atoms with Crippen molar-refractivity contribution < 1.29 is 34.1 Å². The highest BCUT2D eigenvalue weighted by atomic mass is 19.1. The van der Waals surface area contributed by atoms with Gasteiger partial charge in [0.2, 0.25) is 0 Å². The van der Waals surface area contributed by atoms with Crippen LogP contribution in [-0.2, 0) is 14.4 Å². The van der Waals surface area contributed by atoms with Crippen LogP contribution >= 0.6 is 0 Å². The molecule has 0 spiro atoms. The molecule has 4 N–H and O–H groups in total. The largest absolute Gasteiger partial charge is 0.390 e. The molecule has 1 aliphatic heterocycles. The number of hydrogen-bond acceptors (Lipinski definition) is 8. The summed E-state index contributed by atoms with van der Waals surface area (Å²) in [6.07, 6.45) is 7.43. The highest BCUT2D eigenvalue weighted by Crippen LogP contribution is 2.70. The Kier molecular flexibility index (Phi) is 6.75. The fraction of sp³-hybridized carbons (Fsp3) is 0.655. The quantitative estimate of drug-likeness (QED) is 0.166. The van der Waals surface area contributed by atoms with E-state index in [4.69, 9.17) is 0 Å². The molecule has 0 aromatic carbocycles. The van der Waals surface area contributed by atoms with Crippen LogP contribution in [0.5, 0.6) is 0 Å². The molecule has 4 aliphatic carbocycles. The third kappa shape index (κ3) is 3.74. The number of imide groups is 1. The zero-order valence-electron chi connectivity index (χ0n) is 22.7. The molecule has 0 aromatic heterocycles. The summed E-state index contributed by atoms with van der Waals surface area (Å²) >= 11 is 0. The van der Waals surface area contributed by atoms with E-state index in [0.717, 1.165) is 4.90 Å². The minimum Gasteiger partial charge on any atom is -0.390 e. The number of hydrazone groups is 1. The predicted molar refractivity (Wildman–Crippen MR) is 141 cm³/mol. The van der Waals surface area contributed by atoms with Crippen molar-refractivity contribution in [2.24, 2.45) is 33.7 Å². The van der Waals surface area contributed by atoms with Crippen LogP contribution in [0.3, 0.4) is 0 Å². The van der Waals surface area contributed by atoms with Crippen molar-refractivity contribution in [2.75, 3.05) is 19.7 Å². The SMILES string of the molecule is C[C@@H]1C[C@H]2[C@@H]3CCC4=CC(=O)C=C[C@]4(C)[C@@]3(F)[C@@H](O)C[C@]2(C)[C@@]1(O)C(CO)=NNCCCN1C(=O)C=CC1=O. The summed E-state index contributed by atoms with van der Waals surface area (Å²) in [5.74, 6) is -2.10. The zero-order chi connectivity index (χ0) is 28.4. The molecule has 1 heterocycles. The minimum absolute atomic E-state index is 0.0264. The van der Waals surface area contributed by atoms with Gasteiger partial charge in [0.15, 0.2) is 11.5 Å². The molecule has 3 fully saturated rings. The molecule has 0 aromatic rings. The summed E-state index contributed by atoms with van der Waals surface area (Å²) in [6, 6.07) is 0. The Morgan fingerprint density at radius 2 is 1.87 bits per heavy atom. The summed E-state index contributed by atoms with van der Waals surface area (Å²) in [4.78, 5) is 36.6. The monoisotopic (exact) mass is 543 g/mol. The fourth-order valence-corrected chi connectivity index (χ4v) is 8.52. The van der Waals surface area contributed by atoms with Crippen LogP contribution in [0.1, 0.15) is 52.9 Å². The van der Waals surface area contributed by atoms with Gasteiger partial charge in [0.25, 0.3) is 11.8 Å². The number of amides is 2. The third-order valence-corrected chi connectivity index (χ3v) is 10.6. The van der Waals surface area contributed by atoms with E-state index < -0.39 is 40.7 Å². The van der Waals surface area contributed by atoms with Gasteiger partial charge in [0, 0.05) is 42.0 Å². The first-order chi connectivity index (χ1) is 18.3. The Labute approximate surface area is 227 Å². The molecule has 3 saturated carbocycles. The Hall–Kier alpha value is -2.69. The summed E-state index contributed by atoms with van der Waals surface area (Å²) in [5.41, 5.74) is -1.98. The number of nitrogens with one attached hydrogen (secondary N) is 1. The molecule has 10 heteroatoms. The van der Waals surface area contributed by atoms with Crippen LogP contribution in [0.4, 0.5) is 4.39 Å². The Balaban J connectivity index is 1.38. The predicted octanol–water partition coefficient (Wildman–Crippen LogP) is 1.59. The first kappa shape index (κ1) is 27.9. The highest BCUT2D eigenvalue weighted by molar-refractivity contribution is 6.12. The molecule has 0 unspecified atom stereocenters. The van der Waals surface area contributed by atoms with Gasteiger partial charge in [0.1, 0.15) is 5.60 Å². The summed E-state index contributed by atoms with van der Waals surface area (Å²) in [7, 11) is 0. The summed E-state index contributed by atoms with van der Waals surface area (Å²) < 4.78 is 17.3. The molecule has 0 radical (unpaired) electrons. The van der Waals surface area contributed by atoms with Crippen molar-refractivity contribution in [1.82, 2.24) is 10.3 Å². The lowest BCUT2D eigenvalue weighted by molar-refractivity contribution is -0.209. The third-order valence-electron chi connectivity index (χ3n) is 10.6. The second-order valence-electron chi connectivity index (χ2n) is 12.3. The van der Waals surface area contributed by atoms with Gasteiger partial charge in [0.05, 0.1) is 18.4 Å². The number of carbonyl (C=O) groups excluding carboxylic acids is 3. The molecule has 9 nitrogen and oxygen atoms in total. The molecule has 0 bridgehead atoms. The van der Waals surface area contributed by atoms with Crippen molar-refractivity contribution in [1.29, 1.82) is 0 Å². The van der Waals surface area contributed by atoms with Crippen molar-refractivity contribution in [3.63, 3.8) is 0 Å². The number of allylic oxidation sites excluding steroid dienone is 4. The van der Waals surface area contributed by atoms with E-state index >= 15 is 4.39 Å². The van der Waals surface area contributed by atoms with E-state index in [1.54, 1.807) is 13.0 Å². The van der Waals surface area contributed by atoms with E-state index in [9.17, 15) is 29.7 Å². The lowest BCUT2D eigenvalue weighted by Gasteiger charge is -2.62. The Bertz CT molecular complexity index is 1200. The van der Waals surface area contributed by atoms with E-state index in [2.05, 4.69) is 10.5 Å². The van der Waals surface area contributed by atoms with Crippen molar-refractivity contribution in [3.05, 3.63) is 36.0 Å². The highest BCUT2D eigenvalue weighted by Gasteiger charge is 2.75. The van der Waals surface area contributed by atoms with E-state index in [1.165, 1.54) is 24.3 Å². The molecular weight excluding hydrogens is 505 g/mol. The minimum atomic E-state index is -2.00. The number of nitrogens with zero attached hydrogens (tertiary/aromatic N) is 2. The second kappa shape index (κ2) is 9.45. The maximum atomic E-state index is 17.3. The average Bonchev–Trinajstić information content (AvgIpc) is 3.31. The van der Waals surface area contributed by atoms with Gasteiger partial charge in [-0.15, -0.1) is 0 Å². The van der Waals surface area contributed by atoms with Crippen LogP contribution in [-0.4, -0.2) is 80.6 Å². The van der Waals surface area contributed by atoms with Gasteiger partial charge in [-0.3, -0.25) is 19.3 Å². The van der Waals surface area contributed by atoms with Crippen molar-refractivity contribution in [3.8, 4) is 0 Å². The van der Waals surface area contributed by atoms with Gasteiger partial charge in [-0.05, 0) is 63.0 Å². The number of ketones is 1. The fourth-order valence-electron chi connectivity index (χ4n) is 8.52. The number of rotatable bonds is 7. The van der Waals surface area contributed by atoms with Gasteiger partial charge < -0.3 is 20.7 Å². The van der Waals surface area contributed by atoms with Gasteiger partial charge in [-0.2, -0.15) is 5.10 Å². The van der Waals surface area contributed by atoms with Gasteiger partial charge in [-0.1, -0.05) is 25.5 Å². The molecular formula is C29H38FN3O6. The van der Waals surface area contributed by atoms with Gasteiger partial charge in [-0.25, -0.2) is 4.39 Å². The van der Waals surface area contributed by atoms with E-state index in [-0.39, 0.29) is 48.1 Å². The zero-order valence-corrected chi connectivity index (χ0v) is 22.7. The smallest absolute Gasteiger partial charge is 0.253 e. The number of aliphatic hydroxyl groups is 3. The molecule has 5 aliphatic rings. The van der Waals surface area contributed by atoms with Gasteiger partial charge >= 0.3 is 0 Å². The molecule has 0 saturated heterocycles. The lowest BCUT2D eigenvalue weighted by atomic mass is 9.44. The van der Waals surface area contributed by atoms with Crippen molar-refractivity contribution >= 4 is 23.3 Å². The lowest BCUT2D eigenvalue weighted by Crippen LogP contribution is -2.69. The maximum Gasteiger partial charge on any atom is 0.253 e. The summed E-state index contributed by atoms with van der Waals surface area (Å²) in [6.45, 7) is 5.47. The first-order valence-corrected chi connectivity index (χ1v) is 13.8. The molecule has 8 atom stereocenters. The number of halogens is 1. The Morgan fingerprint density at radius 1 is 1.18 bits per heavy atom. The molecule has 5 rings (SSSR count). The second-order valence-corrected chi connectivity index (χ2v) is 12.3. The van der Waals surface area contributed by atoms with E-state index in [1.807, 2.05) is 13.8 Å². The maximum absolute atomic E-state index is 17.3. The number of alkyl halides is 1. The van der Waals surface area contributed by atoms with Crippen LogP contribution in [0.2, 0.25) is 0 Å². The van der Waals surface area contributed by atoms with Crippen molar-refractivity contribution in [2.45, 2.75) is 70.2 Å². The van der Waals surface area contributed by atoms with Crippen LogP contribution in [0, 0.1) is 28.6 Å². The van der Waals surface area contributed by atoms with Crippen LogP contribution in [0.25, 0.3) is 0 Å². The summed E-state index contributed by atoms with van der Waals surface area (Å²) in [5, 5.41) is 38.4. The molecule has 2 amide bonds. The first-order valence-electron chi connectivity index (χ1n) is 13.8. The molecule has 39 heavy (non-hydrogen) atoms. The topological polar surface area (TPSA) is 140 Å². The average molecular weight is 544 g/mol. The van der Waals surface area contributed by atoms with Crippen LogP contribution < -0.4 is 5.43 Å².